The summed E-state index contributed by atoms with van der Waals surface area (Å²) in [6.45, 7) is 2.07. The van der Waals surface area contributed by atoms with E-state index < -0.39 is 10.0 Å². The van der Waals surface area contributed by atoms with Crippen molar-refractivity contribution in [3.8, 4) is 0 Å². The van der Waals surface area contributed by atoms with E-state index in [1.807, 2.05) is 19.0 Å². The Balaban J connectivity index is 4.07. The molecule has 7 nitrogen and oxygen atoms in total. The van der Waals surface area contributed by atoms with Crippen LogP contribution in [-0.2, 0) is 19.6 Å². The molecule has 0 radical (unpaired) electrons. The lowest BCUT2D eigenvalue weighted by atomic mass is 10.4. The van der Waals surface area contributed by atoms with Crippen molar-refractivity contribution in [2.45, 2.75) is 6.42 Å². The van der Waals surface area contributed by atoms with Gasteiger partial charge < -0.3 is 15.0 Å². The highest BCUT2D eigenvalue weighted by Gasteiger charge is 2.17. The molecule has 0 atom stereocenters. The van der Waals surface area contributed by atoms with Gasteiger partial charge in [0, 0.05) is 39.7 Å². The van der Waals surface area contributed by atoms with Crippen molar-refractivity contribution in [1.82, 2.24) is 14.5 Å². The average Bonchev–Trinajstić information content (AvgIpc) is 2.26. The summed E-state index contributed by atoms with van der Waals surface area (Å²) in [7, 11) is 2.04. The van der Waals surface area contributed by atoms with E-state index in [-0.39, 0.29) is 25.4 Å². The highest BCUT2D eigenvalue weighted by Crippen LogP contribution is 1.99. The minimum Gasteiger partial charge on any atom is -0.383 e. The van der Waals surface area contributed by atoms with E-state index in [0.717, 1.165) is 12.8 Å². The maximum atomic E-state index is 11.5. The van der Waals surface area contributed by atoms with Gasteiger partial charge in [-0.25, -0.2) is 8.42 Å². The number of hydrogen-bond donors (Lipinski definition) is 1. The van der Waals surface area contributed by atoms with Gasteiger partial charge in [0.2, 0.25) is 15.9 Å². The molecule has 0 saturated heterocycles. The summed E-state index contributed by atoms with van der Waals surface area (Å²) >= 11 is 0. The zero-order valence-corrected chi connectivity index (χ0v) is 13.0. The second kappa shape index (κ2) is 9.24. The van der Waals surface area contributed by atoms with E-state index in [4.69, 9.17) is 4.74 Å². The first-order valence-electron chi connectivity index (χ1n) is 6.13. The van der Waals surface area contributed by atoms with Gasteiger partial charge in [-0.2, -0.15) is 4.31 Å². The summed E-state index contributed by atoms with van der Waals surface area (Å²) in [5, 5.41) is 2.74. The largest absolute Gasteiger partial charge is 0.383 e. The Morgan fingerprint density at radius 2 is 1.84 bits per heavy atom. The summed E-state index contributed by atoms with van der Waals surface area (Å²) in [6, 6.07) is 0. The number of nitrogens with one attached hydrogen (secondary N) is 1. The molecule has 0 fully saturated rings. The van der Waals surface area contributed by atoms with Crippen molar-refractivity contribution < 1.29 is 17.9 Å². The van der Waals surface area contributed by atoms with Gasteiger partial charge in [0.15, 0.2) is 0 Å². The maximum absolute atomic E-state index is 11.5. The van der Waals surface area contributed by atoms with Gasteiger partial charge in [0.25, 0.3) is 0 Å². The first kappa shape index (κ1) is 18.3. The van der Waals surface area contributed by atoms with E-state index in [9.17, 15) is 13.2 Å². The van der Waals surface area contributed by atoms with Crippen molar-refractivity contribution >= 4 is 15.9 Å². The van der Waals surface area contributed by atoms with Gasteiger partial charge in [0.05, 0.1) is 12.9 Å². The molecule has 0 aliphatic carbocycles. The van der Waals surface area contributed by atoms with Crippen LogP contribution < -0.4 is 5.32 Å². The maximum Gasteiger partial charge on any atom is 0.221 e. The van der Waals surface area contributed by atoms with Gasteiger partial charge in [-0.05, 0) is 14.1 Å². The van der Waals surface area contributed by atoms with Crippen molar-refractivity contribution in [1.29, 1.82) is 0 Å². The van der Waals surface area contributed by atoms with Crippen LogP contribution in [0.15, 0.2) is 0 Å². The Hall–Kier alpha value is -0.700. The lowest BCUT2D eigenvalue weighted by Gasteiger charge is -2.19. The van der Waals surface area contributed by atoms with E-state index >= 15 is 0 Å². The van der Waals surface area contributed by atoms with Gasteiger partial charge in [-0.1, -0.05) is 0 Å². The van der Waals surface area contributed by atoms with E-state index in [1.165, 1.54) is 11.4 Å². The van der Waals surface area contributed by atoms with Crippen LogP contribution in [0.2, 0.25) is 0 Å². The third-order valence-corrected chi connectivity index (χ3v) is 3.79. The zero-order chi connectivity index (χ0) is 14.9. The van der Waals surface area contributed by atoms with Gasteiger partial charge >= 0.3 is 0 Å². The van der Waals surface area contributed by atoms with Crippen LogP contribution in [0.5, 0.6) is 0 Å². The number of amides is 1. The molecule has 0 aliphatic heterocycles. The SMILES string of the molecule is COCCN(CCC(=O)NCCN(C)C)S(C)(=O)=O. The van der Waals surface area contributed by atoms with Crippen LogP contribution in [0.4, 0.5) is 0 Å². The molecule has 0 heterocycles. The fourth-order valence-corrected chi connectivity index (χ4v) is 2.20. The van der Waals surface area contributed by atoms with Gasteiger partial charge in [-0.15, -0.1) is 0 Å². The van der Waals surface area contributed by atoms with E-state index in [1.54, 1.807) is 0 Å². The molecule has 19 heavy (non-hydrogen) atoms. The molecule has 0 aromatic heterocycles. The standard InChI is InChI=1S/C11H25N3O4S/c1-13(2)8-6-12-11(15)5-7-14(9-10-18-3)19(4,16)17/h5-10H2,1-4H3,(H,12,15). The summed E-state index contributed by atoms with van der Waals surface area (Å²) in [5.41, 5.74) is 0. The fourth-order valence-electron chi connectivity index (χ4n) is 1.37. The van der Waals surface area contributed by atoms with Crippen LogP contribution in [-0.4, -0.2) is 83.8 Å². The highest BCUT2D eigenvalue weighted by atomic mass is 32.2. The van der Waals surface area contributed by atoms with Crippen LogP contribution in [0.25, 0.3) is 0 Å². The molecule has 0 aromatic rings. The first-order valence-corrected chi connectivity index (χ1v) is 7.97. The second-order valence-electron chi connectivity index (χ2n) is 4.56. The topological polar surface area (TPSA) is 79.0 Å². The number of nitrogens with zero attached hydrogens (tertiary/aromatic N) is 2. The summed E-state index contributed by atoms with van der Waals surface area (Å²) in [6.07, 6.45) is 1.29. The fraction of sp³-hybridized carbons (Fsp3) is 0.909. The third kappa shape index (κ3) is 9.83. The molecule has 1 N–H and O–H groups in total. The van der Waals surface area contributed by atoms with E-state index in [2.05, 4.69) is 5.32 Å². The predicted molar refractivity (Wildman–Crippen MR) is 74.5 cm³/mol. The van der Waals surface area contributed by atoms with Crippen LogP contribution in [0.3, 0.4) is 0 Å². The predicted octanol–water partition coefficient (Wildman–Crippen LogP) is -1.04. The average molecular weight is 295 g/mol. The monoisotopic (exact) mass is 295 g/mol. The van der Waals surface area contributed by atoms with E-state index in [0.29, 0.717) is 13.2 Å². The number of likely N-dealkylation sites (N-methyl/N-ethyl adjacent to an activating group) is 1. The minimum atomic E-state index is -3.30. The molecule has 0 bridgehead atoms. The summed E-state index contributed by atoms with van der Waals surface area (Å²) in [5.74, 6) is -0.145. The second-order valence-corrected chi connectivity index (χ2v) is 6.54. The molecule has 0 aromatic carbocycles. The Morgan fingerprint density at radius 1 is 1.21 bits per heavy atom. The molecule has 0 unspecified atom stereocenters. The van der Waals surface area contributed by atoms with Gasteiger partial charge in [0.1, 0.15) is 0 Å². The van der Waals surface area contributed by atoms with Crippen LogP contribution in [0.1, 0.15) is 6.42 Å². The molecule has 1 amide bonds. The third-order valence-electron chi connectivity index (χ3n) is 2.48. The first-order chi connectivity index (χ1) is 8.77. The number of ether oxygens (including phenoxy) is 1. The van der Waals surface area contributed by atoms with Crippen molar-refractivity contribution in [2.24, 2.45) is 0 Å². The molecule has 0 aliphatic rings. The molecule has 114 valence electrons. The molecular weight excluding hydrogens is 270 g/mol. The highest BCUT2D eigenvalue weighted by molar-refractivity contribution is 7.88. The zero-order valence-electron chi connectivity index (χ0n) is 12.2. The smallest absolute Gasteiger partial charge is 0.221 e. The molecule has 0 rings (SSSR count). The van der Waals surface area contributed by atoms with Gasteiger partial charge in [-0.3, -0.25) is 4.79 Å². The van der Waals surface area contributed by atoms with Crippen molar-refractivity contribution in [3.63, 3.8) is 0 Å². The Labute approximate surface area is 115 Å². The number of carbonyl (C=O) groups is 1. The van der Waals surface area contributed by atoms with Crippen molar-refractivity contribution in [2.75, 3.05) is 60.2 Å². The molecule has 0 saturated carbocycles. The van der Waals surface area contributed by atoms with Crippen LogP contribution >= 0.6 is 0 Å². The van der Waals surface area contributed by atoms with Crippen LogP contribution in [0, 0.1) is 0 Å². The Morgan fingerprint density at radius 3 is 2.32 bits per heavy atom. The number of hydrogen-bond acceptors (Lipinski definition) is 5. The Kier molecular flexibility index (Phi) is 8.90. The summed E-state index contributed by atoms with van der Waals surface area (Å²) in [4.78, 5) is 13.5. The minimum absolute atomic E-state index is 0.145. The number of carbonyl (C=O) groups excluding carboxylic acids is 1. The molecule has 8 heteroatoms. The molecule has 0 spiro atoms. The molecular formula is C11H25N3O4S. The van der Waals surface area contributed by atoms with Crippen molar-refractivity contribution in [3.05, 3.63) is 0 Å². The quantitative estimate of drug-likeness (QED) is 0.557. The normalized spacial score (nSPS) is 12.1. The number of rotatable bonds is 10. The lowest BCUT2D eigenvalue weighted by Crippen LogP contribution is -2.37. The Bertz CT molecular complexity index is 357. The lowest BCUT2D eigenvalue weighted by molar-refractivity contribution is -0.121. The number of sulfonamides is 1. The summed E-state index contributed by atoms with van der Waals surface area (Å²) < 4.78 is 29.1. The number of methoxy groups -OCH3 is 1.